The molecule has 0 atom stereocenters. The number of fused-ring (bicyclic) bond motifs is 1. The number of carbonyl (C=O) groups excluding carboxylic acids is 1. The monoisotopic (exact) mass is 370 g/mol. The summed E-state index contributed by atoms with van der Waals surface area (Å²) < 4.78 is 7.26. The van der Waals surface area contributed by atoms with Crippen molar-refractivity contribution in [3.63, 3.8) is 0 Å². The fraction of sp³-hybridized carbons (Fsp3) is 0.176. The molecule has 23 heavy (non-hydrogen) atoms. The van der Waals surface area contributed by atoms with Crippen LogP contribution in [0.5, 0.6) is 5.75 Å². The minimum absolute atomic E-state index is 0.0329. The second-order valence-corrected chi connectivity index (χ2v) is 6.00. The van der Waals surface area contributed by atoms with Crippen molar-refractivity contribution in [1.82, 2.24) is 9.55 Å². The number of nitrogens with zero attached hydrogens (tertiary/aromatic N) is 1. The summed E-state index contributed by atoms with van der Waals surface area (Å²) in [6, 6.07) is 14.4. The van der Waals surface area contributed by atoms with Crippen LogP contribution in [0.1, 0.15) is 10.4 Å². The van der Waals surface area contributed by atoms with Crippen molar-refractivity contribution in [2.75, 3.05) is 6.61 Å². The predicted octanol–water partition coefficient (Wildman–Crippen LogP) is 2.18. The zero-order valence-electron chi connectivity index (χ0n) is 12.4. The molecule has 0 fully saturated rings. The summed E-state index contributed by atoms with van der Waals surface area (Å²) in [4.78, 5) is 26.8. The number of rotatable bonds is 6. The Morgan fingerprint density at radius 2 is 1.96 bits per heavy atom. The van der Waals surface area contributed by atoms with Gasteiger partial charge in [0.05, 0.1) is 0 Å². The molecule has 116 valence electrons. The minimum atomic E-state index is -0.136. The van der Waals surface area contributed by atoms with E-state index in [1.165, 1.54) is 0 Å². The number of aromatic amines is 1. The van der Waals surface area contributed by atoms with Gasteiger partial charge in [0.15, 0.2) is 0 Å². The Balaban J connectivity index is 1.79. The van der Waals surface area contributed by atoms with Crippen molar-refractivity contribution >= 4 is 33.7 Å². The summed E-state index contributed by atoms with van der Waals surface area (Å²) >= 11 is 2.46. The second-order valence-electron chi connectivity index (χ2n) is 5.06. The van der Waals surface area contributed by atoms with Crippen LogP contribution in [0.25, 0.3) is 11.0 Å². The van der Waals surface area contributed by atoms with Crippen LogP contribution in [-0.4, -0.2) is 38.8 Å². The molecule has 0 spiro atoms. The van der Waals surface area contributed by atoms with Crippen molar-refractivity contribution in [1.29, 1.82) is 0 Å². The number of hydrogen-bond donors (Lipinski definition) is 1. The maximum atomic E-state index is 12.1. The van der Waals surface area contributed by atoms with E-state index in [-0.39, 0.29) is 18.1 Å². The van der Waals surface area contributed by atoms with Crippen LogP contribution in [0.15, 0.2) is 53.3 Å². The molecule has 0 aliphatic heterocycles. The van der Waals surface area contributed by atoms with Crippen LogP contribution in [0.4, 0.5) is 0 Å². The van der Waals surface area contributed by atoms with E-state index in [4.69, 9.17) is 4.74 Å². The van der Waals surface area contributed by atoms with Crippen molar-refractivity contribution in [3.05, 3.63) is 64.6 Å². The van der Waals surface area contributed by atoms with E-state index in [0.29, 0.717) is 17.9 Å². The molecule has 0 amide bonds. The predicted molar refractivity (Wildman–Crippen MR) is 89.4 cm³/mol. The first-order valence-electron chi connectivity index (χ1n) is 7.23. The van der Waals surface area contributed by atoms with Crippen LogP contribution in [0.3, 0.4) is 0 Å². The summed E-state index contributed by atoms with van der Waals surface area (Å²) in [5, 5.41) is 0.803. The summed E-state index contributed by atoms with van der Waals surface area (Å²) in [5.74, 6) is 0.489. The SMILES string of the molecule is O=C(COc1ccc2[nH]c(=O)n(CC[As])c2c1)c1ccccc1. The third-order valence-electron chi connectivity index (χ3n) is 3.54. The van der Waals surface area contributed by atoms with Gasteiger partial charge in [-0.05, 0) is 0 Å². The fourth-order valence-electron chi connectivity index (χ4n) is 2.40. The fourth-order valence-corrected chi connectivity index (χ4v) is 2.82. The Kier molecular flexibility index (Phi) is 4.67. The molecule has 2 radical (unpaired) electrons. The van der Waals surface area contributed by atoms with Gasteiger partial charge in [-0.2, -0.15) is 0 Å². The molecule has 0 saturated carbocycles. The van der Waals surface area contributed by atoms with Crippen molar-refractivity contribution < 1.29 is 9.53 Å². The van der Waals surface area contributed by atoms with E-state index in [2.05, 4.69) is 21.8 Å². The standard InChI is InChI=1S/C17H15AsN2O3/c18-8-9-20-15-10-13(6-7-14(15)19-17(20)22)23-11-16(21)12-4-2-1-3-5-12/h1-7,10H,8-9,11H2,(H,19,22). The number of benzene rings is 2. The second kappa shape index (κ2) is 6.88. The molecule has 0 aliphatic rings. The quantitative estimate of drug-likeness (QED) is 0.534. The van der Waals surface area contributed by atoms with Gasteiger partial charge in [-0.25, -0.2) is 0 Å². The first kappa shape index (κ1) is 15.6. The van der Waals surface area contributed by atoms with E-state index < -0.39 is 0 Å². The molecule has 2 aromatic carbocycles. The number of nitrogens with one attached hydrogen (secondary N) is 1. The molecule has 3 aromatic rings. The number of ketones is 1. The molecule has 0 saturated heterocycles. The van der Waals surface area contributed by atoms with Gasteiger partial charge in [0.25, 0.3) is 0 Å². The summed E-state index contributed by atoms with van der Waals surface area (Å²) in [7, 11) is 0. The van der Waals surface area contributed by atoms with Gasteiger partial charge in [-0.1, -0.05) is 6.07 Å². The molecular formula is C17H15AsN2O3. The van der Waals surface area contributed by atoms with Gasteiger partial charge in [0.2, 0.25) is 0 Å². The van der Waals surface area contributed by atoms with E-state index in [1.54, 1.807) is 34.9 Å². The number of hydrogen-bond acceptors (Lipinski definition) is 3. The van der Waals surface area contributed by atoms with Gasteiger partial charge in [-0.15, -0.1) is 0 Å². The third kappa shape index (κ3) is 3.40. The first-order chi connectivity index (χ1) is 11.2. The Morgan fingerprint density at radius 3 is 2.70 bits per heavy atom. The molecule has 1 heterocycles. The summed E-state index contributed by atoms with van der Waals surface area (Å²) in [6.45, 7) is 0.583. The van der Waals surface area contributed by atoms with Gasteiger partial charge in [0, 0.05) is 0 Å². The van der Waals surface area contributed by atoms with Crippen molar-refractivity contribution in [2.45, 2.75) is 11.8 Å². The average Bonchev–Trinajstić information content (AvgIpc) is 2.89. The molecule has 5 nitrogen and oxygen atoms in total. The van der Waals surface area contributed by atoms with Crippen LogP contribution in [0, 0.1) is 0 Å². The summed E-state index contributed by atoms with van der Waals surface area (Å²) in [5.41, 5.74) is 2.03. The van der Waals surface area contributed by atoms with Gasteiger partial charge in [0.1, 0.15) is 0 Å². The van der Waals surface area contributed by atoms with Crippen molar-refractivity contribution in [2.24, 2.45) is 0 Å². The Morgan fingerprint density at radius 1 is 1.17 bits per heavy atom. The number of aryl methyl sites for hydroxylation is 1. The third-order valence-corrected chi connectivity index (χ3v) is 3.96. The number of carbonyl (C=O) groups is 1. The summed E-state index contributed by atoms with van der Waals surface area (Å²) in [6.07, 6.45) is 0. The molecule has 3 rings (SSSR count). The zero-order chi connectivity index (χ0) is 16.2. The number of ether oxygens (including phenoxy) is 1. The molecule has 0 bridgehead atoms. The zero-order valence-corrected chi connectivity index (χ0v) is 14.2. The maximum absolute atomic E-state index is 12.1. The molecular weight excluding hydrogens is 355 g/mol. The Hall–Kier alpha value is -2.26. The van der Waals surface area contributed by atoms with Crippen LogP contribution >= 0.6 is 0 Å². The van der Waals surface area contributed by atoms with E-state index in [0.717, 1.165) is 16.2 Å². The van der Waals surface area contributed by atoms with E-state index in [9.17, 15) is 9.59 Å². The molecule has 0 aliphatic carbocycles. The molecule has 0 unspecified atom stereocenters. The topological polar surface area (TPSA) is 64.1 Å². The molecule has 1 N–H and O–H groups in total. The normalized spacial score (nSPS) is 10.8. The van der Waals surface area contributed by atoms with Gasteiger partial charge >= 0.3 is 135 Å². The van der Waals surface area contributed by atoms with Crippen LogP contribution in [0.2, 0.25) is 5.21 Å². The van der Waals surface area contributed by atoms with E-state index in [1.807, 2.05) is 18.2 Å². The average molecular weight is 370 g/mol. The van der Waals surface area contributed by atoms with Crippen LogP contribution in [-0.2, 0) is 6.54 Å². The molecule has 1 aromatic heterocycles. The Bertz CT molecular complexity index is 884. The van der Waals surface area contributed by atoms with Gasteiger partial charge < -0.3 is 0 Å². The number of H-pyrrole nitrogens is 1. The first-order valence-corrected chi connectivity index (χ1v) is 8.56. The number of imidazole rings is 1. The van der Waals surface area contributed by atoms with E-state index >= 15 is 0 Å². The van der Waals surface area contributed by atoms with Crippen LogP contribution < -0.4 is 10.4 Å². The number of aromatic nitrogens is 2. The van der Waals surface area contributed by atoms with Crippen molar-refractivity contribution in [3.8, 4) is 5.75 Å². The number of Topliss-reactive ketones (excluding diaryl/α,β-unsaturated/α-hetero) is 1. The molecule has 6 heteroatoms. The Labute approximate surface area is 141 Å². The van der Waals surface area contributed by atoms with Gasteiger partial charge in [-0.3, -0.25) is 0 Å².